The molecule has 1 saturated heterocycles. The molecule has 0 radical (unpaired) electrons. The lowest BCUT2D eigenvalue weighted by Gasteiger charge is -2.36. The first-order valence-corrected chi connectivity index (χ1v) is 5.02. The molecule has 2 rings (SSSR count). The van der Waals surface area contributed by atoms with E-state index in [0.29, 0.717) is 0 Å². The van der Waals surface area contributed by atoms with E-state index in [4.69, 9.17) is 0 Å². The van der Waals surface area contributed by atoms with Gasteiger partial charge in [0.2, 0.25) is 0 Å². The van der Waals surface area contributed by atoms with Gasteiger partial charge in [0.1, 0.15) is 12.2 Å². The summed E-state index contributed by atoms with van der Waals surface area (Å²) in [6, 6.07) is 9.09. The number of β-amino-alcohol motifs (C(OH)–C–C–N with tert-alkyl or cyclic N) is 1. The summed E-state index contributed by atoms with van der Waals surface area (Å²) in [6.07, 6.45) is -2.97. The molecule has 1 aromatic carbocycles. The quantitative estimate of drug-likeness (QED) is 0.499. The molecular weight excluding hydrogens is 194 g/mol. The maximum absolute atomic E-state index is 9.79. The van der Waals surface area contributed by atoms with Crippen LogP contribution in [0.25, 0.3) is 0 Å². The van der Waals surface area contributed by atoms with Crippen molar-refractivity contribution in [3.8, 4) is 0 Å². The van der Waals surface area contributed by atoms with Crippen LogP contribution >= 0.6 is 0 Å². The van der Waals surface area contributed by atoms with Crippen LogP contribution in [0, 0.1) is 0 Å². The minimum Gasteiger partial charge on any atom is -0.389 e. The summed E-state index contributed by atoms with van der Waals surface area (Å²) in [6.45, 7) is 0.289. The summed E-state index contributed by atoms with van der Waals surface area (Å²) in [5, 5.41) is 31.7. The fourth-order valence-electron chi connectivity index (χ4n) is 1.89. The maximum Gasteiger partial charge on any atom is 0.109 e. The van der Waals surface area contributed by atoms with Crippen molar-refractivity contribution in [3.63, 3.8) is 0 Å². The van der Waals surface area contributed by atoms with Crippen molar-refractivity contribution < 1.29 is 15.3 Å². The predicted octanol–water partition coefficient (Wildman–Crippen LogP) is -0.586. The van der Waals surface area contributed by atoms with E-state index in [2.05, 4.69) is 5.32 Å². The second-order valence-electron chi connectivity index (χ2n) is 3.85. The highest BCUT2D eigenvalue weighted by Crippen LogP contribution is 2.23. The molecule has 4 atom stereocenters. The number of benzene rings is 1. The summed E-state index contributed by atoms with van der Waals surface area (Å²) in [5.74, 6) is 0. The lowest BCUT2D eigenvalue weighted by Crippen LogP contribution is -2.55. The number of hydrogen-bond donors (Lipinski definition) is 4. The number of piperidine rings is 1. The summed E-state index contributed by atoms with van der Waals surface area (Å²) < 4.78 is 0. The fourth-order valence-corrected chi connectivity index (χ4v) is 1.89. The van der Waals surface area contributed by atoms with Gasteiger partial charge in [-0.05, 0) is 5.56 Å². The highest BCUT2D eigenvalue weighted by molar-refractivity contribution is 5.21. The summed E-state index contributed by atoms with van der Waals surface area (Å²) in [7, 11) is 0. The minimum atomic E-state index is -1.09. The molecule has 0 saturated carbocycles. The number of hydrogen-bond acceptors (Lipinski definition) is 4. The Kier molecular flexibility index (Phi) is 3.02. The normalized spacial score (nSPS) is 36.5. The largest absolute Gasteiger partial charge is 0.389 e. The third-order valence-corrected chi connectivity index (χ3v) is 2.79. The molecule has 1 fully saturated rings. The molecule has 15 heavy (non-hydrogen) atoms. The third-order valence-electron chi connectivity index (χ3n) is 2.79. The van der Waals surface area contributed by atoms with Crippen LogP contribution in [-0.2, 0) is 0 Å². The van der Waals surface area contributed by atoms with Gasteiger partial charge < -0.3 is 20.6 Å². The van der Waals surface area contributed by atoms with Crippen LogP contribution in [0.3, 0.4) is 0 Å². The van der Waals surface area contributed by atoms with Crippen LogP contribution in [0.4, 0.5) is 0 Å². The molecule has 1 heterocycles. The predicted molar refractivity (Wildman–Crippen MR) is 55.2 cm³/mol. The molecular formula is C11H15NO3. The molecule has 82 valence electrons. The Morgan fingerprint density at radius 2 is 1.67 bits per heavy atom. The molecule has 1 aromatic rings. The Bertz CT molecular complexity index is 317. The summed E-state index contributed by atoms with van der Waals surface area (Å²) >= 11 is 0. The molecule has 0 spiro atoms. The number of rotatable bonds is 1. The highest BCUT2D eigenvalue weighted by atomic mass is 16.4. The molecule has 4 N–H and O–H groups in total. The maximum atomic E-state index is 9.79. The van der Waals surface area contributed by atoms with Gasteiger partial charge in [0.15, 0.2) is 0 Å². The van der Waals surface area contributed by atoms with Gasteiger partial charge in [-0.25, -0.2) is 0 Å². The lowest BCUT2D eigenvalue weighted by molar-refractivity contribution is -0.0949. The Balaban J connectivity index is 2.17. The molecule has 4 heteroatoms. The van der Waals surface area contributed by atoms with Crippen molar-refractivity contribution in [2.24, 2.45) is 0 Å². The average Bonchev–Trinajstić information content (AvgIpc) is 2.27. The monoisotopic (exact) mass is 209 g/mol. The fraction of sp³-hybridized carbons (Fsp3) is 0.455. The molecule has 0 amide bonds. The number of nitrogens with one attached hydrogen (secondary N) is 1. The van der Waals surface area contributed by atoms with Crippen molar-refractivity contribution in [2.45, 2.75) is 24.4 Å². The smallest absolute Gasteiger partial charge is 0.109 e. The SMILES string of the molecule is O[C@H]1[C@H](O)[C@@H](O)CN[C@@H]1c1ccccc1. The van der Waals surface area contributed by atoms with Crippen LogP contribution in [0.1, 0.15) is 11.6 Å². The zero-order valence-electron chi connectivity index (χ0n) is 8.24. The van der Waals surface area contributed by atoms with E-state index < -0.39 is 18.3 Å². The second-order valence-corrected chi connectivity index (χ2v) is 3.85. The Morgan fingerprint density at radius 3 is 2.33 bits per heavy atom. The number of aliphatic hydroxyl groups is 3. The second kappa shape index (κ2) is 4.28. The zero-order chi connectivity index (χ0) is 10.8. The number of aliphatic hydroxyl groups excluding tert-OH is 3. The van der Waals surface area contributed by atoms with Crippen LogP contribution in [0.2, 0.25) is 0 Å². The van der Waals surface area contributed by atoms with Crippen molar-refractivity contribution in [1.29, 1.82) is 0 Å². The van der Waals surface area contributed by atoms with E-state index in [1.807, 2.05) is 30.3 Å². The zero-order valence-corrected chi connectivity index (χ0v) is 8.24. The molecule has 0 unspecified atom stereocenters. The molecule has 0 aliphatic carbocycles. The van der Waals surface area contributed by atoms with Crippen LogP contribution < -0.4 is 5.32 Å². The van der Waals surface area contributed by atoms with Gasteiger partial charge in [0, 0.05) is 6.54 Å². The van der Waals surface area contributed by atoms with E-state index >= 15 is 0 Å². The molecule has 1 aliphatic rings. The van der Waals surface area contributed by atoms with Gasteiger partial charge in [-0.15, -0.1) is 0 Å². The van der Waals surface area contributed by atoms with Crippen LogP contribution in [0.15, 0.2) is 30.3 Å². The van der Waals surface area contributed by atoms with Crippen molar-refractivity contribution in [1.82, 2.24) is 5.32 Å². The van der Waals surface area contributed by atoms with Gasteiger partial charge in [0.05, 0.1) is 12.1 Å². The van der Waals surface area contributed by atoms with E-state index in [0.717, 1.165) is 5.56 Å². The van der Waals surface area contributed by atoms with Gasteiger partial charge >= 0.3 is 0 Å². The molecule has 4 nitrogen and oxygen atoms in total. The topological polar surface area (TPSA) is 72.7 Å². The third kappa shape index (κ3) is 2.03. The first-order valence-electron chi connectivity index (χ1n) is 5.02. The lowest BCUT2D eigenvalue weighted by atomic mass is 9.91. The van der Waals surface area contributed by atoms with Gasteiger partial charge in [-0.2, -0.15) is 0 Å². The first kappa shape index (κ1) is 10.6. The standard InChI is InChI=1S/C11H15NO3/c13-8-6-12-9(11(15)10(8)14)7-4-2-1-3-5-7/h1-5,8-15H,6H2/t8-,9+,10+,11+/m0/s1. The molecule has 0 bridgehead atoms. The Labute approximate surface area is 88.2 Å². The molecule has 1 aliphatic heterocycles. The van der Waals surface area contributed by atoms with Crippen molar-refractivity contribution in [3.05, 3.63) is 35.9 Å². The summed E-state index contributed by atoms with van der Waals surface area (Å²) in [5.41, 5.74) is 0.913. The van der Waals surface area contributed by atoms with Gasteiger partial charge in [-0.3, -0.25) is 0 Å². The van der Waals surface area contributed by atoms with Crippen LogP contribution in [0.5, 0.6) is 0 Å². The van der Waals surface area contributed by atoms with E-state index in [1.165, 1.54) is 0 Å². The van der Waals surface area contributed by atoms with Gasteiger partial charge in [-0.1, -0.05) is 30.3 Å². The summed E-state index contributed by atoms with van der Waals surface area (Å²) in [4.78, 5) is 0. The minimum absolute atomic E-state index is 0.289. The first-order chi connectivity index (χ1) is 7.20. The van der Waals surface area contributed by atoms with Crippen LogP contribution in [-0.4, -0.2) is 40.2 Å². The van der Waals surface area contributed by atoms with E-state index in [9.17, 15) is 15.3 Å². The van der Waals surface area contributed by atoms with E-state index in [1.54, 1.807) is 0 Å². The van der Waals surface area contributed by atoms with E-state index in [-0.39, 0.29) is 12.6 Å². The Hall–Kier alpha value is -0.940. The molecule has 0 aromatic heterocycles. The Morgan fingerprint density at radius 1 is 1.00 bits per heavy atom. The van der Waals surface area contributed by atoms with Crippen molar-refractivity contribution in [2.75, 3.05) is 6.54 Å². The van der Waals surface area contributed by atoms with Crippen molar-refractivity contribution >= 4 is 0 Å². The van der Waals surface area contributed by atoms with Gasteiger partial charge in [0.25, 0.3) is 0 Å². The average molecular weight is 209 g/mol. The highest BCUT2D eigenvalue weighted by Gasteiger charge is 2.36.